The summed E-state index contributed by atoms with van der Waals surface area (Å²) in [6.07, 6.45) is 4.07. The maximum atomic E-state index is 12.3. The molecule has 0 bridgehead atoms. The van der Waals surface area contributed by atoms with Gasteiger partial charge in [-0.25, -0.2) is 0 Å². The van der Waals surface area contributed by atoms with Gasteiger partial charge in [0.15, 0.2) is 0 Å². The third-order valence-electron chi connectivity index (χ3n) is 4.22. The quantitative estimate of drug-likeness (QED) is 0.778. The molecule has 1 heterocycles. The molecule has 1 amide bonds. The smallest absolute Gasteiger partial charge is 0.239 e. The van der Waals surface area contributed by atoms with Gasteiger partial charge in [0.25, 0.3) is 0 Å². The second-order valence-corrected chi connectivity index (χ2v) is 5.49. The summed E-state index contributed by atoms with van der Waals surface area (Å²) >= 11 is 0. The van der Waals surface area contributed by atoms with E-state index in [-0.39, 0.29) is 6.04 Å². The zero-order valence-corrected chi connectivity index (χ0v) is 11.1. The van der Waals surface area contributed by atoms with Crippen LogP contribution in [0, 0.1) is 5.92 Å². The highest BCUT2D eigenvalue weighted by molar-refractivity contribution is 5.81. The predicted octanol–water partition coefficient (Wildman–Crippen LogP) is 0.539. The summed E-state index contributed by atoms with van der Waals surface area (Å²) in [5, 5.41) is 3.28. The first-order chi connectivity index (χ1) is 8.18. The summed E-state index contributed by atoms with van der Waals surface area (Å²) in [7, 11) is 2.09. The van der Waals surface area contributed by atoms with Crippen LogP contribution in [0.3, 0.4) is 0 Å². The van der Waals surface area contributed by atoms with Gasteiger partial charge in [-0.2, -0.15) is 0 Å². The first-order valence-electron chi connectivity index (χ1n) is 6.88. The lowest BCUT2D eigenvalue weighted by atomic mass is 9.85. The third kappa shape index (κ3) is 3.19. The lowest BCUT2D eigenvalue weighted by Crippen LogP contribution is -2.53. The number of hydrogen-bond donors (Lipinski definition) is 1. The van der Waals surface area contributed by atoms with Crippen molar-refractivity contribution in [1.29, 1.82) is 0 Å². The minimum atomic E-state index is 0.0358. The molecule has 1 aliphatic carbocycles. The van der Waals surface area contributed by atoms with E-state index in [1.165, 1.54) is 19.3 Å². The Bertz CT molecular complexity index is 259. The predicted molar refractivity (Wildman–Crippen MR) is 68.9 cm³/mol. The molecule has 0 aromatic rings. The molecule has 1 N–H and O–H groups in total. The number of likely N-dealkylation sites (N-methyl/N-ethyl adjacent to an activating group) is 1. The summed E-state index contributed by atoms with van der Waals surface area (Å²) in [5.41, 5.74) is 0. The SMILES string of the molecule is CC(C(=O)N1CCNCC1)N(C)CC1CCC1. The average Bonchev–Trinajstić information content (AvgIpc) is 2.32. The van der Waals surface area contributed by atoms with Gasteiger partial charge < -0.3 is 10.2 Å². The molecule has 2 rings (SSSR count). The fourth-order valence-electron chi connectivity index (χ4n) is 2.58. The maximum Gasteiger partial charge on any atom is 0.239 e. The largest absolute Gasteiger partial charge is 0.339 e. The number of piperazine rings is 1. The first-order valence-corrected chi connectivity index (χ1v) is 6.88. The Balaban J connectivity index is 1.79. The van der Waals surface area contributed by atoms with E-state index in [4.69, 9.17) is 0 Å². The molecule has 1 saturated carbocycles. The van der Waals surface area contributed by atoms with E-state index in [1.807, 2.05) is 11.8 Å². The topological polar surface area (TPSA) is 35.6 Å². The number of carbonyl (C=O) groups excluding carboxylic acids is 1. The average molecular weight is 239 g/mol. The van der Waals surface area contributed by atoms with Crippen LogP contribution in [0.1, 0.15) is 26.2 Å². The molecule has 2 fully saturated rings. The molecule has 0 radical (unpaired) electrons. The molecule has 2 aliphatic rings. The third-order valence-corrected chi connectivity index (χ3v) is 4.22. The molecule has 4 heteroatoms. The Kier molecular flexibility index (Phi) is 4.40. The van der Waals surface area contributed by atoms with E-state index < -0.39 is 0 Å². The molecule has 0 aromatic heterocycles. The molecular weight excluding hydrogens is 214 g/mol. The van der Waals surface area contributed by atoms with E-state index in [0.29, 0.717) is 5.91 Å². The molecule has 4 nitrogen and oxygen atoms in total. The zero-order valence-electron chi connectivity index (χ0n) is 11.1. The highest BCUT2D eigenvalue weighted by atomic mass is 16.2. The van der Waals surface area contributed by atoms with Crippen LogP contribution in [0.15, 0.2) is 0 Å². The number of carbonyl (C=O) groups is 1. The molecule has 98 valence electrons. The number of rotatable bonds is 4. The summed E-state index contributed by atoms with van der Waals surface area (Å²) in [6, 6.07) is 0.0358. The molecule has 0 aromatic carbocycles. The normalized spacial score (nSPS) is 23.6. The number of amides is 1. The zero-order chi connectivity index (χ0) is 12.3. The summed E-state index contributed by atoms with van der Waals surface area (Å²) in [5.74, 6) is 1.13. The van der Waals surface area contributed by atoms with Gasteiger partial charge in [-0.3, -0.25) is 9.69 Å². The Morgan fingerprint density at radius 2 is 2.06 bits per heavy atom. The van der Waals surface area contributed by atoms with Crippen molar-refractivity contribution >= 4 is 5.91 Å². The van der Waals surface area contributed by atoms with E-state index in [1.54, 1.807) is 0 Å². The van der Waals surface area contributed by atoms with Crippen LogP contribution >= 0.6 is 0 Å². The molecule has 0 spiro atoms. The highest BCUT2D eigenvalue weighted by Gasteiger charge is 2.27. The van der Waals surface area contributed by atoms with Gasteiger partial charge >= 0.3 is 0 Å². The van der Waals surface area contributed by atoms with Crippen molar-refractivity contribution in [3.8, 4) is 0 Å². The minimum Gasteiger partial charge on any atom is -0.339 e. The second-order valence-electron chi connectivity index (χ2n) is 5.49. The lowest BCUT2D eigenvalue weighted by Gasteiger charge is -2.36. The molecular formula is C13H25N3O. The number of nitrogens with one attached hydrogen (secondary N) is 1. The van der Waals surface area contributed by atoms with Crippen molar-refractivity contribution in [3.63, 3.8) is 0 Å². The van der Waals surface area contributed by atoms with Gasteiger partial charge in [-0.1, -0.05) is 6.42 Å². The Morgan fingerprint density at radius 3 is 2.59 bits per heavy atom. The van der Waals surface area contributed by atoms with Crippen molar-refractivity contribution in [2.24, 2.45) is 5.92 Å². The Hall–Kier alpha value is -0.610. The molecule has 1 saturated heterocycles. The maximum absolute atomic E-state index is 12.3. The van der Waals surface area contributed by atoms with E-state index in [9.17, 15) is 4.79 Å². The molecule has 1 aliphatic heterocycles. The van der Waals surface area contributed by atoms with E-state index in [0.717, 1.165) is 38.6 Å². The number of nitrogens with zero attached hydrogens (tertiary/aromatic N) is 2. The van der Waals surface area contributed by atoms with Gasteiger partial charge in [0.1, 0.15) is 0 Å². The molecule has 17 heavy (non-hydrogen) atoms. The van der Waals surface area contributed by atoms with Gasteiger partial charge in [-0.05, 0) is 32.7 Å². The molecule has 1 unspecified atom stereocenters. The van der Waals surface area contributed by atoms with Crippen LogP contribution in [0.4, 0.5) is 0 Å². The van der Waals surface area contributed by atoms with Crippen molar-refractivity contribution in [2.75, 3.05) is 39.8 Å². The second kappa shape index (κ2) is 5.83. The lowest BCUT2D eigenvalue weighted by molar-refractivity contribution is -0.136. The summed E-state index contributed by atoms with van der Waals surface area (Å²) < 4.78 is 0. The van der Waals surface area contributed by atoms with Crippen LogP contribution in [0.2, 0.25) is 0 Å². The highest BCUT2D eigenvalue weighted by Crippen LogP contribution is 2.27. The fourth-order valence-corrected chi connectivity index (χ4v) is 2.58. The van der Waals surface area contributed by atoms with Crippen molar-refractivity contribution in [1.82, 2.24) is 15.1 Å². The standard InChI is InChI=1S/C13H25N3O/c1-11(15(2)10-12-4-3-5-12)13(17)16-8-6-14-7-9-16/h11-12,14H,3-10H2,1-2H3. The van der Waals surface area contributed by atoms with E-state index in [2.05, 4.69) is 17.3 Å². The van der Waals surface area contributed by atoms with Crippen LogP contribution in [0.25, 0.3) is 0 Å². The van der Waals surface area contributed by atoms with Crippen molar-refractivity contribution < 1.29 is 4.79 Å². The van der Waals surface area contributed by atoms with Crippen LogP contribution in [0.5, 0.6) is 0 Å². The summed E-state index contributed by atoms with van der Waals surface area (Å²) in [4.78, 5) is 16.5. The van der Waals surface area contributed by atoms with Crippen LogP contribution in [-0.2, 0) is 4.79 Å². The van der Waals surface area contributed by atoms with Gasteiger partial charge in [0.05, 0.1) is 6.04 Å². The van der Waals surface area contributed by atoms with Gasteiger partial charge in [0, 0.05) is 32.7 Å². The van der Waals surface area contributed by atoms with Gasteiger partial charge in [0.2, 0.25) is 5.91 Å². The monoisotopic (exact) mass is 239 g/mol. The minimum absolute atomic E-state index is 0.0358. The van der Waals surface area contributed by atoms with E-state index >= 15 is 0 Å². The van der Waals surface area contributed by atoms with Crippen LogP contribution in [-0.4, -0.2) is 61.5 Å². The first kappa shape index (κ1) is 12.8. The molecule has 1 atom stereocenters. The van der Waals surface area contributed by atoms with Gasteiger partial charge in [-0.15, -0.1) is 0 Å². The summed E-state index contributed by atoms with van der Waals surface area (Å²) in [6.45, 7) is 6.72. The number of hydrogen-bond acceptors (Lipinski definition) is 3. The van der Waals surface area contributed by atoms with Crippen molar-refractivity contribution in [3.05, 3.63) is 0 Å². The van der Waals surface area contributed by atoms with Crippen LogP contribution < -0.4 is 5.32 Å². The Labute approximate surface area is 104 Å². The Morgan fingerprint density at radius 1 is 1.41 bits per heavy atom. The van der Waals surface area contributed by atoms with Crippen molar-refractivity contribution in [2.45, 2.75) is 32.2 Å². The fraction of sp³-hybridized carbons (Fsp3) is 0.923.